The summed E-state index contributed by atoms with van der Waals surface area (Å²) < 4.78 is 26.6. The lowest BCUT2D eigenvalue weighted by molar-refractivity contribution is -0.144. The third-order valence-electron chi connectivity index (χ3n) is 5.24. The molecular formula is C21H22O7. The summed E-state index contributed by atoms with van der Waals surface area (Å²) in [5, 5.41) is 10.9. The van der Waals surface area contributed by atoms with Gasteiger partial charge in [-0.25, -0.2) is 0 Å². The van der Waals surface area contributed by atoms with Crippen LogP contribution in [0.4, 0.5) is 0 Å². The van der Waals surface area contributed by atoms with E-state index in [1.807, 2.05) is 18.2 Å². The summed E-state index contributed by atoms with van der Waals surface area (Å²) in [6.07, 6.45) is -0.423. The Labute approximate surface area is 162 Å². The summed E-state index contributed by atoms with van der Waals surface area (Å²) in [6, 6.07) is 10.8. The van der Waals surface area contributed by atoms with Gasteiger partial charge in [-0.05, 0) is 41.8 Å². The zero-order chi connectivity index (χ0) is 19.7. The number of cyclic esters (lactones) is 1. The SMILES string of the molecule is COc1ccc(C[C@H]2COC(=O)C2[C@H](O)c2ccc3c(c2)OCO3)cc1OC. The Morgan fingerprint density at radius 3 is 2.61 bits per heavy atom. The second-order valence-corrected chi connectivity index (χ2v) is 6.87. The number of esters is 1. The van der Waals surface area contributed by atoms with Crippen LogP contribution >= 0.6 is 0 Å². The zero-order valence-electron chi connectivity index (χ0n) is 15.7. The molecule has 1 fully saturated rings. The van der Waals surface area contributed by atoms with Gasteiger partial charge in [0.1, 0.15) is 0 Å². The number of carbonyl (C=O) groups is 1. The van der Waals surface area contributed by atoms with Gasteiger partial charge in [0, 0.05) is 5.92 Å². The molecular weight excluding hydrogens is 364 g/mol. The molecule has 0 amide bonds. The Balaban J connectivity index is 1.55. The van der Waals surface area contributed by atoms with Crippen molar-refractivity contribution in [3.05, 3.63) is 47.5 Å². The lowest BCUT2D eigenvalue weighted by Gasteiger charge is -2.22. The van der Waals surface area contributed by atoms with E-state index in [-0.39, 0.29) is 19.3 Å². The normalized spacial score (nSPS) is 21.3. The highest BCUT2D eigenvalue weighted by molar-refractivity contribution is 5.76. The molecule has 3 atom stereocenters. The monoisotopic (exact) mass is 386 g/mol. The van der Waals surface area contributed by atoms with Crippen molar-refractivity contribution in [1.82, 2.24) is 0 Å². The number of aliphatic hydroxyl groups is 1. The van der Waals surface area contributed by atoms with Crippen LogP contribution in [0.25, 0.3) is 0 Å². The quantitative estimate of drug-likeness (QED) is 0.764. The molecule has 0 aliphatic carbocycles. The summed E-state index contributed by atoms with van der Waals surface area (Å²) >= 11 is 0. The first-order valence-electron chi connectivity index (χ1n) is 9.06. The van der Waals surface area contributed by atoms with Gasteiger partial charge >= 0.3 is 5.97 Å². The molecule has 0 aromatic heterocycles. The van der Waals surface area contributed by atoms with Gasteiger partial charge in [-0.1, -0.05) is 12.1 Å². The fourth-order valence-corrected chi connectivity index (χ4v) is 3.77. The average molecular weight is 386 g/mol. The van der Waals surface area contributed by atoms with Crippen molar-refractivity contribution in [2.24, 2.45) is 11.8 Å². The lowest BCUT2D eigenvalue weighted by Crippen LogP contribution is -2.25. The predicted molar refractivity (Wildman–Crippen MR) is 98.7 cm³/mol. The van der Waals surface area contributed by atoms with E-state index in [0.717, 1.165) is 5.56 Å². The minimum atomic E-state index is -0.991. The third kappa shape index (κ3) is 3.33. The summed E-state index contributed by atoms with van der Waals surface area (Å²) in [7, 11) is 3.16. The lowest BCUT2D eigenvalue weighted by atomic mass is 9.83. The van der Waals surface area contributed by atoms with Gasteiger partial charge in [0.05, 0.1) is 32.8 Å². The number of aliphatic hydroxyl groups excluding tert-OH is 1. The minimum Gasteiger partial charge on any atom is -0.493 e. The van der Waals surface area contributed by atoms with E-state index in [1.165, 1.54) is 0 Å². The van der Waals surface area contributed by atoms with E-state index in [9.17, 15) is 9.90 Å². The van der Waals surface area contributed by atoms with Crippen LogP contribution in [0.1, 0.15) is 17.2 Å². The van der Waals surface area contributed by atoms with Crippen molar-refractivity contribution in [1.29, 1.82) is 0 Å². The Kier molecular flexibility index (Phi) is 5.00. The Bertz CT molecular complexity index is 879. The molecule has 2 aliphatic heterocycles. The van der Waals surface area contributed by atoms with Gasteiger partial charge in [0.2, 0.25) is 6.79 Å². The molecule has 0 saturated carbocycles. The van der Waals surface area contributed by atoms with E-state index in [0.29, 0.717) is 35.0 Å². The molecule has 2 heterocycles. The van der Waals surface area contributed by atoms with Crippen LogP contribution < -0.4 is 18.9 Å². The Hall–Kier alpha value is -2.93. The van der Waals surface area contributed by atoms with Crippen LogP contribution in [0.3, 0.4) is 0 Å². The van der Waals surface area contributed by atoms with Crippen LogP contribution in [0.2, 0.25) is 0 Å². The smallest absolute Gasteiger partial charge is 0.312 e. The summed E-state index contributed by atoms with van der Waals surface area (Å²) in [5.74, 6) is 1.25. The van der Waals surface area contributed by atoms with E-state index in [1.54, 1.807) is 32.4 Å². The standard InChI is InChI=1S/C21H22O7/c1-24-15-5-3-12(8-17(15)25-2)7-14-10-26-21(23)19(14)20(22)13-4-6-16-18(9-13)28-11-27-16/h3-6,8-9,14,19-20,22H,7,10-11H2,1-2H3/t14-,19?,20+/m0/s1. The largest absolute Gasteiger partial charge is 0.493 e. The van der Waals surface area contributed by atoms with E-state index < -0.39 is 18.0 Å². The second kappa shape index (κ2) is 7.59. The van der Waals surface area contributed by atoms with Gasteiger partial charge in [0.15, 0.2) is 23.0 Å². The predicted octanol–water partition coefficient (Wildman–Crippen LogP) is 2.50. The van der Waals surface area contributed by atoms with Crippen LogP contribution in [0.5, 0.6) is 23.0 Å². The number of hydrogen-bond donors (Lipinski definition) is 1. The Morgan fingerprint density at radius 2 is 1.82 bits per heavy atom. The van der Waals surface area contributed by atoms with Gasteiger partial charge in [-0.2, -0.15) is 0 Å². The maximum Gasteiger partial charge on any atom is 0.312 e. The summed E-state index contributed by atoms with van der Waals surface area (Å²) in [4.78, 5) is 12.4. The highest BCUT2D eigenvalue weighted by atomic mass is 16.7. The molecule has 0 radical (unpaired) electrons. The molecule has 0 spiro atoms. The molecule has 2 aromatic rings. The molecule has 2 aliphatic rings. The highest BCUT2D eigenvalue weighted by Crippen LogP contribution is 2.40. The van der Waals surface area contributed by atoms with Crippen LogP contribution in [-0.4, -0.2) is 38.7 Å². The van der Waals surface area contributed by atoms with Gasteiger partial charge in [-0.3, -0.25) is 4.79 Å². The first-order valence-corrected chi connectivity index (χ1v) is 9.06. The van der Waals surface area contributed by atoms with Crippen molar-refractivity contribution >= 4 is 5.97 Å². The molecule has 4 rings (SSSR count). The van der Waals surface area contributed by atoms with Crippen molar-refractivity contribution in [3.8, 4) is 23.0 Å². The number of fused-ring (bicyclic) bond motifs is 1. The number of ether oxygens (including phenoxy) is 5. The number of methoxy groups -OCH3 is 2. The van der Waals surface area contributed by atoms with Crippen molar-refractivity contribution in [3.63, 3.8) is 0 Å². The molecule has 7 heteroatoms. The highest BCUT2D eigenvalue weighted by Gasteiger charge is 2.42. The van der Waals surface area contributed by atoms with Crippen molar-refractivity contribution in [2.45, 2.75) is 12.5 Å². The molecule has 1 N–H and O–H groups in total. The second-order valence-electron chi connectivity index (χ2n) is 6.87. The van der Waals surface area contributed by atoms with E-state index >= 15 is 0 Å². The molecule has 148 valence electrons. The topological polar surface area (TPSA) is 83.5 Å². The van der Waals surface area contributed by atoms with Crippen molar-refractivity contribution < 1.29 is 33.6 Å². The first kappa shape index (κ1) is 18.4. The van der Waals surface area contributed by atoms with Crippen molar-refractivity contribution in [2.75, 3.05) is 27.6 Å². The number of benzene rings is 2. The van der Waals surface area contributed by atoms with E-state index in [2.05, 4.69) is 0 Å². The molecule has 1 saturated heterocycles. The molecule has 2 aromatic carbocycles. The number of rotatable bonds is 6. The van der Waals surface area contributed by atoms with Crippen LogP contribution in [-0.2, 0) is 16.0 Å². The summed E-state index contributed by atoms with van der Waals surface area (Å²) in [6.45, 7) is 0.418. The number of hydrogen-bond acceptors (Lipinski definition) is 7. The third-order valence-corrected chi connectivity index (χ3v) is 5.24. The fourth-order valence-electron chi connectivity index (χ4n) is 3.77. The van der Waals surface area contributed by atoms with Gasteiger partial charge < -0.3 is 28.8 Å². The van der Waals surface area contributed by atoms with E-state index in [4.69, 9.17) is 23.7 Å². The Morgan fingerprint density at radius 1 is 1.04 bits per heavy atom. The maximum atomic E-state index is 12.4. The number of carbonyl (C=O) groups excluding carboxylic acids is 1. The molecule has 28 heavy (non-hydrogen) atoms. The molecule has 0 bridgehead atoms. The minimum absolute atomic E-state index is 0.155. The van der Waals surface area contributed by atoms with Gasteiger partial charge in [-0.15, -0.1) is 0 Å². The average Bonchev–Trinajstić information content (AvgIpc) is 3.33. The zero-order valence-corrected chi connectivity index (χ0v) is 15.7. The summed E-state index contributed by atoms with van der Waals surface area (Å²) in [5.41, 5.74) is 1.58. The van der Waals surface area contributed by atoms with Crippen LogP contribution in [0, 0.1) is 11.8 Å². The molecule has 1 unspecified atom stereocenters. The maximum absolute atomic E-state index is 12.4. The van der Waals surface area contributed by atoms with Crippen LogP contribution in [0.15, 0.2) is 36.4 Å². The fraction of sp³-hybridized carbons (Fsp3) is 0.381. The molecule has 7 nitrogen and oxygen atoms in total. The van der Waals surface area contributed by atoms with Gasteiger partial charge in [0.25, 0.3) is 0 Å². The first-order chi connectivity index (χ1) is 13.6.